The van der Waals surface area contributed by atoms with Gasteiger partial charge in [0.2, 0.25) is 0 Å². The molecule has 0 saturated heterocycles. The van der Waals surface area contributed by atoms with Crippen LogP contribution in [0.2, 0.25) is 0 Å². The van der Waals surface area contributed by atoms with Crippen LogP contribution in [-0.4, -0.2) is 30.3 Å². The fraction of sp³-hybridized carbons (Fsp3) is 0.188. The van der Waals surface area contributed by atoms with Gasteiger partial charge in [-0.15, -0.1) is 0 Å². The van der Waals surface area contributed by atoms with Crippen LogP contribution in [0.25, 0.3) is 0 Å². The normalized spacial score (nSPS) is 13.5. The number of ketones is 1. The number of hydrogen-bond acceptors (Lipinski definition) is 4. The molecule has 1 aromatic carbocycles. The molecule has 21 heavy (non-hydrogen) atoms. The van der Waals surface area contributed by atoms with Crippen LogP contribution in [0.5, 0.6) is 5.75 Å². The Bertz CT molecular complexity index is 698. The summed E-state index contributed by atoms with van der Waals surface area (Å²) in [5, 5.41) is 0. The summed E-state index contributed by atoms with van der Waals surface area (Å²) in [5.41, 5.74) is 2.08. The van der Waals surface area contributed by atoms with E-state index in [0.717, 1.165) is 5.56 Å². The molecule has 1 aliphatic heterocycles. The molecule has 0 radical (unpaired) electrons. The number of hydrogen-bond donors (Lipinski definition) is 0. The third kappa shape index (κ3) is 2.38. The van der Waals surface area contributed by atoms with Crippen molar-refractivity contribution in [2.24, 2.45) is 0 Å². The van der Waals surface area contributed by atoms with Gasteiger partial charge in [-0.25, -0.2) is 0 Å². The van der Waals surface area contributed by atoms with Crippen LogP contribution in [0.4, 0.5) is 5.69 Å². The van der Waals surface area contributed by atoms with Gasteiger partial charge in [-0.3, -0.25) is 14.6 Å². The molecule has 5 nitrogen and oxygen atoms in total. The van der Waals surface area contributed by atoms with Crippen molar-refractivity contribution in [3.8, 4) is 5.75 Å². The molecular weight excluding hydrogens is 268 g/mol. The average molecular weight is 282 g/mol. The number of rotatable bonds is 4. The van der Waals surface area contributed by atoms with E-state index in [0.29, 0.717) is 30.0 Å². The molecule has 0 unspecified atom stereocenters. The summed E-state index contributed by atoms with van der Waals surface area (Å²) >= 11 is 0. The Morgan fingerprint density at radius 2 is 2.10 bits per heavy atom. The van der Waals surface area contributed by atoms with E-state index in [4.69, 9.17) is 4.74 Å². The summed E-state index contributed by atoms with van der Waals surface area (Å²) in [5.74, 6) is -0.316. The van der Waals surface area contributed by atoms with Gasteiger partial charge in [-0.2, -0.15) is 0 Å². The number of carbonyl (C=O) groups is 2. The van der Waals surface area contributed by atoms with Crippen LogP contribution in [0.1, 0.15) is 15.9 Å². The van der Waals surface area contributed by atoms with E-state index in [1.54, 1.807) is 37.7 Å². The molecule has 2 heterocycles. The van der Waals surface area contributed by atoms with Crippen molar-refractivity contribution in [2.75, 3.05) is 18.6 Å². The van der Waals surface area contributed by atoms with Crippen molar-refractivity contribution >= 4 is 17.4 Å². The molecule has 0 aliphatic carbocycles. The molecular formula is C16H14N2O3. The predicted octanol–water partition coefficient (Wildman–Crippen LogP) is 1.86. The maximum atomic E-state index is 12.1. The van der Waals surface area contributed by atoms with E-state index in [1.165, 1.54) is 4.90 Å². The number of fused-ring (bicyclic) bond motifs is 1. The highest BCUT2D eigenvalue weighted by Gasteiger charge is 2.35. The molecule has 2 aromatic rings. The Kier molecular flexibility index (Phi) is 3.39. The van der Waals surface area contributed by atoms with Crippen molar-refractivity contribution in [2.45, 2.75) is 6.42 Å². The summed E-state index contributed by atoms with van der Waals surface area (Å²) in [6.45, 7) is 0.441. The van der Waals surface area contributed by atoms with Gasteiger partial charge >= 0.3 is 0 Å². The zero-order valence-corrected chi connectivity index (χ0v) is 11.6. The molecule has 1 amide bonds. The number of ether oxygens (including phenoxy) is 1. The monoisotopic (exact) mass is 282 g/mol. The Balaban J connectivity index is 1.86. The average Bonchev–Trinajstić information content (AvgIpc) is 2.77. The highest BCUT2D eigenvalue weighted by atomic mass is 16.5. The number of carbonyl (C=O) groups excluding carboxylic acids is 2. The predicted molar refractivity (Wildman–Crippen MR) is 77.6 cm³/mol. The second kappa shape index (κ2) is 5.36. The van der Waals surface area contributed by atoms with Crippen molar-refractivity contribution in [3.63, 3.8) is 0 Å². The lowest BCUT2D eigenvalue weighted by atomic mass is 10.1. The van der Waals surface area contributed by atoms with Crippen LogP contribution < -0.4 is 9.64 Å². The highest BCUT2D eigenvalue weighted by molar-refractivity contribution is 6.52. The lowest BCUT2D eigenvalue weighted by molar-refractivity contribution is -0.114. The zero-order chi connectivity index (χ0) is 14.8. The fourth-order valence-corrected chi connectivity index (χ4v) is 2.41. The summed E-state index contributed by atoms with van der Waals surface area (Å²) in [6, 6.07) is 8.85. The molecule has 0 saturated carbocycles. The number of methoxy groups -OCH3 is 1. The summed E-state index contributed by atoms with van der Waals surface area (Å²) < 4.78 is 5.16. The first-order valence-electron chi connectivity index (χ1n) is 6.64. The number of anilines is 1. The number of Topliss-reactive ketones (excluding diaryl/α,β-unsaturated/α-hetero) is 1. The maximum Gasteiger partial charge on any atom is 0.299 e. The smallest absolute Gasteiger partial charge is 0.299 e. The van der Waals surface area contributed by atoms with Gasteiger partial charge in [0.25, 0.3) is 11.7 Å². The van der Waals surface area contributed by atoms with Crippen molar-refractivity contribution in [1.82, 2.24) is 4.98 Å². The van der Waals surface area contributed by atoms with E-state index < -0.39 is 11.7 Å². The zero-order valence-electron chi connectivity index (χ0n) is 11.6. The van der Waals surface area contributed by atoms with Gasteiger partial charge in [0.15, 0.2) is 0 Å². The molecule has 5 heteroatoms. The summed E-state index contributed by atoms with van der Waals surface area (Å²) in [4.78, 5) is 29.6. The second-order valence-electron chi connectivity index (χ2n) is 4.78. The molecule has 0 fully saturated rings. The van der Waals surface area contributed by atoms with Gasteiger partial charge in [-0.05, 0) is 30.2 Å². The Morgan fingerprint density at radius 3 is 2.81 bits per heavy atom. The number of amides is 1. The largest absolute Gasteiger partial charge is 0.497 e. The van der Waals surface area contributed by atoms with Crippen molar-refractivity contribution in [1.29, 1.82) is 0 Å². The minimum atomic E-state index is -0.484. The Morgan fingerprint density at radius 1 is 1.24 bits per heavy atom. The molecule has 1 aliphatic rings. The SMILES string of the molecule is COc1ccc2c(c1)N(CCc1cccnc1)C(=O)C2=O. The lowest BCUT2D eigenvalue weighted by Crippen LogP contribution is -2.31. The van der Waals surface area contributed by atoms with Gasteiger partial charge in [0, 0.05) is 25.0 Å². The Hall–Kier alpha value is -2.69. The van der Waals surface area contributed by atoms with Crippen LogP contribution in [0.15, 0.2) is 42.7 Å². The molecule has 1 aromatic heterocycles. The number of benzene rings is 1. The number of pyridine rings is 1. The first-order chi connectivity index (χ1) is 10.2. The van der Waals surface area contributed by atoms with Gasteiger partial charge in [-0.1, -0.05) is 6.07 Å². The van der Waals surface area contributed by atoms with E-state index in [2.05, 4.69) is 4.98 Å². The fourth-order valence-electron chi connectivity index (χ4n) is 2.41. The summed E-state index contributed by atoms with van der Waals surface area (Å²) in [7, 11) is 1.56. The topological polar surface area (TPSA) is 59.5 Å². The Labute approximate surface area is 122 Å². The van der Waals surface area contributed by atoms with Crippen LogP contribution in [-0.2, 0) is 11.2 Å². The first kappa shape index (κ1) is 13.3. The molecule has 0 atom stereocenters. The first-order valence-corrected chi connectivity index (χ1v) is 6.64. The second-order valence-corrected chi connectivity index (χ2v) is 4.78. The summed E-state index contributed by atoms with van der Waals surface area (Å²) in [6.07, 6.45) is 4.10. The third-order valence-corrected chi connectivity index (χ3v) is 3.53. The number of nitrogens with zero attached hydrogens (tertiary/aromatic N) is 2. The number of aromatic nitrogens is 1. The van der Waals surface area contributed by atoms with E-state index in [-0.39, 0.29) is 0 Å². The van der Waals surface area contributed by atoms with Gasteiger partial charge < -0.3 is 9.64 Å². The highest BCUT2D eigenvalue weighted by Crippen LogP contribution is 2.32. The van der Waals surface area contributed by atoms with Crippen LogP contribution in [0, 0.1) is 0 Å². The van der Waals surface area contributed by atoms with Gasteiger partial charge in [0.05, 0.1) is 18.4 Å². The quantitative estimate of drug-likeness (QED) is 0.803. The molecule has 0 spiro atoms. The molecule has 106 valence electrons. The minimum Gasteiger partial charge on any atom is -0.497 e. The standard InChI is InChI=1S/C16H14N2O3/c1-21-12-4-5-13-14(9-12)18(16(20)15(13)19)8-6-11-3-2-7-17-10-11/h2-5,7,9-10H,6,8H2,1H3. The van der Waals surface area contributed by atoms with E-state index in [1.807, 2.05) is 12.1 Å². The molecule has 3 rings (SSSR count). The van der Waals surface area contributed by atoms with E-state index >= 15 is 0 Å². The van der Waals surface area contributed by atoms with Crippen molar-refractivity contribution in [3.05, 3.63) is 53.9 Å². The van der Waals surface area contributed by atoms with E-state index in [9.17, 15) is 9.59 Å². The maximum absolute atomic E-state index is 12.1. The van der Waals surface area contributed by atoms with Crippen LogP contribution in [0.3, 0.4) is 0 Å². The molecule has 0 N–H and O–H groups in total. The lowest BCUT2D eigenvalue weighted by Gasteiger charge is -2.16. The van der Waals surface area contributed by atoms with Crippen LogP contribution >= 0.6 is 0 Å². The molecule has 0 bridgehead atoms. The van der Waals surface area contributed by atoms with Crippen molar-refractivity contribution < 1.29 is 14.3 Å². The third-order valence-electron chi connectivity index (χ3n) is 3.53. The minimum absolute atomic E-state index is 0.437. The van der Waals surface area contributed by atoms with Gasteiger partial charge in [0.1, 0.15) is 5.75 Å².